The lowest BCUT2D eigenvalue weighted by Gasteiger charge is -2.16. The molecule has 2 heterocycles. The van der Waals surface area contributed by atoms with Crippen LogP contribution in [0.2, 0.25) is 0 Å². The van der Waals surface area contributed by atoms with E-state index < -0.39 is 0 Å². The Labute approximate surface area is 102 Å². The van der Waals surface area contributed by atoms with Crippen molar-refractivity contribution in [2.75, 3.05) is 6.61 Å². The first-order chi connectivity index (χ1) is 8.33. The SMILES string of the molecule is Cc1c(CCCO)c2cccc3c2n1CCC3. The zero-order valence-electron chi connectivity index (χ0n) is 10.4. The Morgan fingerprint density at radius 2 is 2.24 bits per heavy atom. The summed E-state index contributed by atoms with van der Waals surface area (Å²) in [5, 5.41) is 10.4. The number of nitrogens with zero attached hydrogens (tertiary/aromatic N) is 1. The maximum absolute atomic E-state index is 9.01. The van der Waals surface area contributed by atoms with E-state index in [1.165, 1.54) is 40.6 Å². The first kappa shape index (κ1) is 10.8. The summed E-state index contributed by atoms with van der Waals surface area (Å²) in [5.41, 5.74) is 5.79. The second kappa shape index (κ2) is 4.19. The number of aliphatic hydroxyl groups excluding tert-OH is 1. The van der Waals surface area contributed by atoms with Gasteiger partial charge in [-0.2, -0.15) is 0 Å². The van der Waals surface area contributed by atoms with Gasteiger partial charge >= 0.3 is 0 Å². The fourth-order valence-corrected chi connectivity index (χ4v) is 3.16. The van der Waals surface area contributed by atoms with Crippen molar-refractivity contribution in [3.63, 3.8) is 0 Å². The van der Waals surface area contributed by atoms with Crippen molar-refractivity contribution in [3.05, 3.63) is 35.0 Å². The number of hydrogen-bond acceptors (Lipinski definition) is 1. The first-order valence-corrected chi connectivity index (χ1v) is 6.53. The molecule has 1 aromatic carbocycles. The van der Waals surface area contributed by atoms with Crippen molar-refractivity contribution >= 4 is 10.9 Å². The van der Waals surface area contributed by atoms with Crippen molar-refractivity contribution in [2.45, 2.75) is 39.2 Å². The van der Waals surface area contributed by atoms with Crippen molar-refractivity contribution in [2.24, 2.45) is 0 Å². The summed E-state index contributed by atoms with van der Waals surface area (Å²) in [6.45, 7) is 3.66. The van der Waals surface area contributed by atoms with Crippen LogP contribution in [0.4, 0.5) is 0 Å². The molecule has 0 saturated carbocycles. The highest BCUT2D eigenvalue weighted by Crippen LogP contribution is 2.32. The largest absolute Gasteiger partial charge is 0.396 e. The fraction of sp³-hybridized carbons (Fsp3) is 0.467. The predicted octanol–water partition coefficient (Wildman–Crippen LogP) is 2.82. The van der Waals surface area contributed by atoms with Gasteiger partial charge in [-0.15, -0.1) is 0 Å². The van der Waals surface area contributed by atoms with Crippen LogP contribution in [0.15, 0.2) is 18.2 Å². The highest BCUT2D eigenvalue weighted by molar-refractivity contribution is 5.88. The lowest BCUT2D eigenvalue weighted by molar-refractivity contribution is 0.288. The quantitative estimate of drug-likeness (QED) is 0.860. The standard InChI is InChI=1S/C15H19NO/c1-11-13(8-4-10-17)14-7-2-5-12-6-3-9-16(11)15(12)14/h2,5,7,17H,3-4,6,8-10H2,1H3. The molecule has 3 rings (SSSR count). The van der Waals surface area contributed by atoms with Gasteiger partial charge in [0.25, 0.3) is 0 Å². The van der Waals surface area contributed by atoms with E-state index in [-0.39, 0.29) is 6.61 Å². The zero-order chi connectivity index (χ0) is 11.8. The smallest absolute Gasteiger partial charge is 0.0517 e. The van der Waals surface area contributed by atoms with Crippen LogP contribution in [0, 0.1) is 6.92 Å². The maximum atomic E-state index is 9.01. The number of rotatable bonds is 3. The third-order valence-corrected chi connectivity index (χ3v) is 3.97. The molecule has 2 heteroatoms. The summed E-state index contributed by atoms with van der Waals surface area (Å²) in [6.07, 6.45) is 4.32. The highest BCUT2D eigenvalue weighted by Gasteiger charge is 2.18. The van der Waals surface area contributed by atoms with Crippen LogP contribution in [0.3, 0.4) is 0 Å². The van der Waals surface area contributed by atoms with E-state index in [1.54, 1.807) is 0 Å². The van der Waals surface area contributed by atoms with Crippen LogP contribution in [-0.4, -0.2) is 16.3 Å². The van der Waals surface area contributed by atoms with Gasteiger partial charge < -0.3 is 9.67 Å². The monoisotopic (exact) mass is 229 g/mol. The number of aliphatic hydroxyl groups is 1. The molecule has 2 aromatic rings. The lowest BCUT2D eigenvalue weighted by Crippen LogP contribution is -2.08. The molecule has 0 aliphatic carbocycles. The van der Waals surface area contributed by atoms with Gasteiger partial charge in [0.1, 0.15) is 0 Å². The van der Waals surface area contributed by atoms with Gasteiger partial charge in [-0.25, -0.2) is 0 Å². The van der Waals surface area contributed by atoms with Crippen LogP contribution < -0.4 is 0 Å². The first-order valence-electron chi connectivity index (χ1n) is 6.53. The number of aryl methyl sites for hydroxylation is 3. The zero-order valence-corrected chi connectivity index (χ0v) is 10.4. The minimum absolute atomic E-state index is 0.284. The van der Waals surface area contributed by atoms with Crippen molar-refractivity contribution in [3.8, 4) is 0 Å². The van der Waals surface area contributed by atoms with Gasteiger partial charge in [0.15, 0.2) is 0 Å². The number of para-hydroxylation sites is 1. The van der Waals surface area contributed by atoms with Crippen molar-refractivity contribution in [1.29, 1.82) is 0 Å². The summed E-state index contributed by atoms with van der Waals surface area (Å²) >= 11 is 0. The molecule has 0 saturated heterocycles. The van der Waals surface area contributed by atoms with E-state index in [2.05, 4.69) is 29.7 Å². The molecule has 1 N–H and O–H groups in total. The van der Waals surface area contributed by atoms with Gasteiger partial charge in [0.2, 0.25) is 0 Å². The van der Waals surface area contributed by atoms with Crippen LogP contribution in [0.5, 0.6) is 0 Å². The molecule has 1 aliphatic heterocycles. The molecule has 0 amide bonds. The van der Waals surface area contributed by atoms with Gasteiger partial charge in [0, 0.05) is 24.2 Å². The Bertz CT molecular complexity index is 554. The molecule has 2 nitrogen and oxygen atoms in total. The Kier molecular flexibility index (Phi) is 2.67. The van der Waals surface area contributed by atoms with Crippen LogP contribution in [0.1, 0.15) is 29.7 Å². The minimum Gasteiger partial charge on any atom is -0.396 e. The summed E-state index contributed by atoms with van der Waals surface area (Å²) in [5.74, 6) is 0. The topological polar surface area (TPSA) is 25.2 Å². The van der Waals surface area contributed by atoms with Crippen molar-refractivity contribution in [1.82, 2.24) is 4.57 Å². The maximum Gasteiger partial charge on any atom is 0.0517 e. The second-order valence-electron chi connectivity index (χ2n) is 4.96. The molecule has 17 heavy (non-hydrogen) atoms. The van der Waals surface area contributed by atoms with E-state index >= 15 is 0 Å². The predicted molar refractivity (Wildman–Crippen MR) is 70.4 cm³/mol. The van der Waals surface area contributed by atoms with Gasteiger partial charge in [0.05, 0.1) is 5.52 Å². The molecule has 0 unspecified atom stereocenters. The number of aromatic nitrogens is 1. The molecule has 0 fully saturated rings. The minimum atomic E-state index is 0.284. The average Bonchev–Trinajstić information content (AvgIpc) is 2.64. The van der Waals surface area contributed by atoms with Crippen LogP contribution >= 0.6 is 0 Å². The third kappa shape index (κ3) is 1.59. The summed E-state index contributed by atoms with van der Waals surface area (Å²) in [7, 11) is 0. The normalized spacial score (nSPS) is 14.5. The van der Waals surface area contributed by atoms with E-state index in [9.17, 15) is 0 Å². The number of hydrogen-bond donors (Lipinski definition) is 1. The second-order valence-corrected chi connectivity index (χ2v) is 4.96. The molecule has 0 radical (unpaired) electrons. The van der Waals surface area contributed by atoms with Gasteiger partial charge in [-0.1, -0.05) is 18.2 Å². The molecule has 90 valence electrons. The van der Waals surface area contributed by atoms with Gasteiger partial charge in [-0.3, -0.25) is 0 Å². The van der Waals surface area contributed by atoms with E-state index in [1.807, 2.05) is 0 Å². The Balaban J connectivity index is 2.23. The number of benzene rings is 1. The van der Waals surface area contributed by atoms with Gasteiger partial charge in [-0.05, 0) is 43.7 Å². The van der Waals surface area contributed by atoms with Crippen LogP contribution in [0.25, 0.3) is 10.9 Å². The fourth-order valence-electron chi connectivity index (χ4n) is 3.16. The van der Waals surface area contributed by atoms with E-state index in [0.717, 1.165) is 19.4 Å². The Morgan fingerprint density at radius 1 is 1.35 bits per heavy atom. The molecule has 0 bridgehead atoms. The Hall–Kier alpha value is -1.28. The summed E-state index contributed by atoms with van der Waals surface area (Å²) in [6, 6.07) is 6.67. The molecular weight excluding hydrogens is 210 g/mol. The summed E-state index contributed by atoms with van der Waals surface area (Å²) < 4.78 is 2.47. The molecule has 1 aliphatic rings. The third-order valence-electron chi connectivity index (χ3n) is 3.97. The summed E-state index contributed by atoms with van der Waals surface area (Å²) in [4.78, 5) is 0. The Morgan fingerprint density at radius 3 is 3.06 bits per heavy atom. The lowest BCUT2D eigenvalue weighted by atomic mass is 10.0. The molecule has 0 spiro atoms. The molecule has 1 aromatic heterocycles. The van der Waals surface area contributed by atoms with E-state index in [4.69, 9.17) is 5.11 Å². The average molecular weight is 229 g/mol. The highest BCUT2D eigenvalue weighted by atomic mass is 16.2. The van der Waals surface area contributed by atoms with Crippen molar-refractivity contribution < 1.29 is 5.11 Å². The van der Waals surface area contributed by atoms with E-state index in [0.29, 0.717) is 0 Å². The van der Waals surface area contributed by atoms with Crippen LogP contribution in [-0.2, 0) is 19.4 Å². The molecule has 0 atom stereocenters. The molecular formula is C15H19NO.